The summed E-state index contributed by atoms with van der Waals surface area (Å²) < 4.78 is 19.9. The van der Waals surface area contributed by atoms with Gasteiger partial charge < -0.3 is 24.3 Å². The number of methoxy groups -OCH3 is 2. The van der Waals surface area contributed by atoms with Crippen LogP contribution in [0.3, 0.4) is 0 Å². The van der Waals surface area contributed by atoms with Crippen molar-refractivity contribution in [3.63, 3.8) is 0 Å². The molecule has 0 bridgehead atoms. The van der Waals surface area contributed by atoms with Gasteiger partial charge in [0.2, 0.25) is 0 Å². The molecule has 2 aromatic carbocycles. The van der Waals surface area contributed by atoms with Crippen LogP contribution < -0.4 is 14.8 Å². The lowest BCUT2D eigenvalue weighted by Gasteiger charge is -2.12. The van der Waals surface area contributed by atoms with E-state index in [9.17, 15) is 24.5 Å². The molecular weight excluding hydrogens is 412 g/mol. The van der Waals surface area contributed by atoms with E-state index in [-0.39, 0.29) is 29.4 Å². The molecule has 11 nitrogen and oxygen atoms in total. The SMILES string of the molecule is CCOc1cc([N+](=O)[O-])c(C(=O)OCC(=O)Nc2ccccc2C(=O)OC)cc1OC. The van der Waals surface area contributed by atoms with E-state index < -0.39 is 40.6 Å². The van der Waals surface area contributed by atoms with E-state index in [0.29, 0.717) is 0 Å². The zero-order chi connectivity index (χ0) is 23.0. The lowest BCUT2D eigenvalue weighted by Crippen LogP contribution is -2.22. The Morgan fingerprint density at radius 1 is 1.03 bits per heavy atom. The molecule has 11 heteroatoms. The first-order valence-electron chi connectivity index (χ1n) is 8.95. The minimum Gasteiger partial charge on any atom is -0.493 e. The van der Waals surface area contributed by atoms with Crippen molar-refractivity contribution in [2.45, 2.75) is 6.92 Å². The van der Waals surface area contributed by atoms with Crippen LogP contribution in [-0.4, -0.2) is 50.2 Å². The third-order valence-corrected chi connectivity index (χ3v) is 3.94. The number of hydrogen-bond donors (Lipinski definition) is 1. The van der Waals surface area contributed by atoms with Gasteiger partial charge in [-0.2, -0.15) is 0 Å². The molecule has 164 valence electrons. The number of rotatable bonds is 9. The number of carbonyl (C=O) groups excluding carboxylic acids is 3. The highest BCUT2D eigenvalue weighted by molar-refractivity contribution is 6.02. The number of carbonyl (C=O) groups is 3. The van der Waals surface area contributed by atoms with Crippen molar-refractivity contribution in [3.05, 3.63) is 57.6 Å². The third-order valence-electron chi connectivity index (χ3n) is 3.94. The van der Waals surface area contributed by atoms with Crippen molar-refractivity contribution in [1.29, 1.82) is 0 Å². The number of esters is 2. The summed E-state index contributed by atoms with van der Waals surface area (Å²) in [6, 6.07) is 8.24. The van der Waals surface area contributed by atoms with Crippen LogP contribution in [0.4, 0.5) is 11.4 Å². The smallest absolute Gasteiger partial charge is 0.345 e. The van der Waals surface area contributed by atoms with Crippen molar-refractivity contribution in [2.24, 2.45) is 0 Å². The minimum atomic E-state index is -1.11. The summed E-state index contributed by atoms with van der Waals surface area (Å²) in [5, 5.41) is 13.8. The average molecular weight is 432 g/mol. The molecule has 1 amide bonds. The molecule has 2 rings (SSSR count). The number of nitrogens with zero attached hydrogens (tertiary/aromatic N) is 1. The average Bonchev–Trinajstić information content (AvgIpc) is 2.77. The second kappa shape index (κ2) is 10.6. The van der Waals surface area contributed by atoms with Crippen molar-refractivity contribution in [3.8, 4) is 11.5 Å². The number of ether oxygens (including phenoxy) is 4. The first-order chi connectivity index (χ1) is 14.8. The lowest BCUT2D eigenvalue weighted by atomic mass is 10.1. The van der Waals surface area contributed by atoms with E-state index in [2.05, 4.69) is 10.1 Å². The standard InChI is InChI=1S/C20H20N2O9/c1-4-30-17-10-15(22(26)27)13(9-16(17)28-2)20(25)31-11-18(23)21-14-8-6-5-7-12(14)19(24)29-3/h5-10H,4,11H2,1-3H3,(H,21,23). The van der Waals surface area contributed by atoms with Crippen LogP contribution in [0.5, 0.6) is 11.5 Å². The van der Waals surface area contributed by atoms with Crippen molar-refractivity contribution in [1.82, 2.24) is 0 Å². The van der Waals surface area contributed by atoms with Gasteiger partial charge in [0.1, 0.15) is 5.56 Å². The van der Waals surface area contributed by atoms with Crippen LogP contribution in [-0.2, 0) is 14.3 Å². The van der Waals surface area contributed by atoms with Crippen LogP contribution in [0.2, 0.25) is 0 Å². The maximum atomic E-state index is 12.4. The molecule has 0 aromatic heterocycles. The minimum absolute atomic E-state index is 0.0883. The van der Waals surface area contributed by atoms with Gasteiger partial charge in [0.05, 0.1) is 43.1 Å². The van der Waals surface area contributed by atoms with E-state index in [4.69, 9.17) is 14.2 Å². The topological polar surface area (TPSA) is 143 Å². The highest BCUT2D eigenvalue weighted by atomic mass is 16.6. The molecule has 1 N–H and O–H groups in total. The molecule has 0 heterocycles. The third kappa shape index (κ3) is 5.69. The number of nitro benzene ring substituents is 1. The summed E-state index contributed by atoms with van der Waals surface area (Å²) in [7, 11) is 2.51. The summed E-state index contributed by atoms with van der Waals surface area (Å²) in [5.74, 6) is -2.35. The molecule has 0 unspecified atom stereocenters. The monoisotopic (exact) mass is 432 g/mol. The normalized spacial score (nSPS) is 10.0. The number of nitrogens with one attached hydrogen (secondary N) is 1. The van der Waals surface area contributed by atoms with Crippen LogP contribution in [0.15, 0.2) is 36.4 Å². The predicted octanol–water partition coefficient (Wildman–Crippen LogP) is 2.58. The van der Waals surface area contributed by atoms with Crippen LogP contribution >= 0.6 is 0 Å². The van der Waals surface area contributed by atoms with E-state index in [1.165, 1.54) is 26.4 Å². The molecule has 0 spiro atoms. The molecule has 0 aliphatic rings. The second-order valence-corrected chi connectivity index (χ2v) is 5.87. The van der Waals surface area contributed by atoms with Crippen molar-refractivity contribution in [2.75, 3.05) is 32.8 Å². The fourth-order valence-electron chi connectivity index (χ4n) is 2.57. The predicted molar refractivity (Wildman–Crippen MR) is 108 cm³/mol. The van der Waals surface area contributed by atoms with Crippen LogP contribution in [0, 0.1) is 10.1 Å². The summed E-state index contributed by atoms with van der Waals surface area (Å²) in [5.41, 5.74) is -0.709. The van der Waals surface area contributed by atoms with E-state index in [1.54, 1.807) is 19.1 Å². The highest BCUT2D eigenvalue weighted by Gasteiger charge is 2.26. The number of hydrogen-bond acceptors (Lipinski definition) is 9. The van der Waals surface area contributed by atoms with Gasteiger partial charge in [0, 0.05) is 6.07 Å². The molecular formula is C20H20N2O9. The van der Waals surface area contributed by atoms with Gasteiger partial charge in [-0.25, -0.2) is 9.59 Å². The van der Waals surface area contributed by atoms with Gasteiger partial charge in [-0.1, -0.05) is 12.1 Å². The van der Waals surface area contributed by atoms with E-state index in [0.717, 1.165) is 12.1 Å². The summed E-state index contributed by atoms with van der Waals surface area (Å²) in [6.07, 6.45) is 0. The Morgan fingerprint density at radius 3 is 2.35 bits per heavy atom. The molecule has 0 saturated carbocycles. The Morgan fingerprint density at radius 2 is 1.74 bits per heavy atom. The second-order valence-electron chi connectivity index (χ2n) is 5.87. The highest BCUT2D eigenvalue weighted by Crippen LogP contribution is 2.35. The lowest BCUT2D eigenvalue weighted by molar-refractivity contribution is -0.385. The largest absolute Gasteiger partial charge is 0.493 e. The number of benzene rings is 2. The van der Waals surface area contributed by atoms with Crippen LogP contribution in [0.1, 0.15) is 27.6 Å². The Hall–Kier alpha value is -4.15. The Bertz CT molecular complexity index is 1000. The maximum absolute atomic E-state index is 12.4. The molecule has 0 radical (unpaired) electrons. The van der Waals surface area contributed by atoms with Gasteiger partial charge in [0.25, 0.3) is 11.6 Å². The molecule has 0 aliphatic heterocycles. The number of para-hydroxylation sites is 1. The Kier molecular flexibility index (Phi) is 7.89. The molecule has 0 aliphatic carbocycles. The van der Waals surface area contributed by atoms with Gasteiger partial charge in [0.15, 0.2) is 18.1 Å². The molecule has 2 aromatic rings. The van der Waals surface area contributed by atoms with Gasteiger partial charge in [-0.3, -0.25) is 14.9 Å². The zero-order valence-corrected chi connectivity index (χ0v) is 17.0. The fourth-order valence-corrected chi connectivity index (χ4v) is 2.57. The van der Waals surface area contributed by atoms with Gasteiger partial charge >= 0.3 is 11.9 Å². The van der Waals surface area contributed by atoms with Crippen molar-refractivity contribution >= 4 is 29.2 Å². The Labute approximate surface area is 177 Å². The maximum Gasteiger partial charge on any atom is 0.345 e. The van der Waals surface area contributed by atoms with Gasteiger partial charge in [-0.05, 0) is 19.1 Å². The van der Waals surface area contributed by atoms with Gasteiger partial charge in [-0.15, -0.1) is 0 Å². The quantitative estimate of drug-likeness (QED) is 0.359. The zero-order valence-electron chi connectivity index (χ0n) is 17.0. The first kappa shape index (κ1) is 23.1. The first-order valence-corrected chi connectivity index (χ1v) is 8.95. The molecule has 0 fully saturated rings. The number of anilines is 1. The molecule has 0 atom stereocenters. The van der Waals surface area contributed by atoms with Crippen LogP contribution in [0.25, 0.3) is 0 Å². The molecule has 31 heavy (non-hydrogen) atoms. The van der Waals surface area contributed by atoms with Crippen molar-refractivity contribution < 1.29 is 38.3 Å². The summed E-state index contributed by atoms with van der Waals surface area (Å²) >= 11 is 0. The summed E-state index contributed by atoms with van der Waals surface area (Å²) in [6.45, 7) is 1.16. The number of nitro groups is 1. The number of amides is 1. The fraction of sp³-hybridized carbons (Fsp3) is 0.250. The molecule has 0 saturated heterocycles. The summed E-state index contributed by atoms with van der Waals surface area (Å²) in [4.78, 5) is 46.9. The Balaban J connectivity index is 2.16. The van der Waals surface area contributed by atoms with E-state index >= 15 is 0 Å². The van der Waals surface area contributed by atoms with E-state index in [1.807, 2.05) is 0 Å².